The van der Waals surface area contributed by atoms with Gasteiger partial charge in [-0.15, -0.1) is 0 Å². The minimum absolute atomic E-state index is 0.733. The first kappa shape index (κ1) is 11.6. The maximum Gasteiger partial charge on any atom is 0.0312 e. The van der Waals surface area contributed by atoms with Gasteiger partial charge in [-0.25, -0.2) is 0 Å². The fourth-order valence-corrected chi connectivity index (χ4v) is 2.27. The van der Waals surface area contributed by atoms with Crippen LogP contribution in [0.25, 0.3) is 0 Å². The lowest BCUT2D eigenvalue weighted by Crippen LogP contribution is -2.38. The molecule has 3 nitrogen and oxygen atoms in total. The van der Waals surface area contributed by atoms with Crippen molar-refractivity contribution in [2.24, 2.45) is 5.92 Å². The molecule has 1 N–H and O–H groups in total. The molecule has 1 aromatic heterocycles. The lowest BCUT2D eigenvalue weighted by Gasteiger charge is -2.28. The van der Waals surface area contributed by atoms with E-state index in [0.717, 1.165) is 25.6 Å². The summed E-state index contributed by atoms with van der Waals surface area (Å²) in [7, 11) is 0. The molecule has 1 fully saturated rings. The molecule has 3 heteroatoms. The van der Waals surface area contributed by atoms with E-state index in [9.17, 15) is 0 Å². The summed E-state index contributed by atoms with van der Waals surface area (Å²) < 4.78 is 0. The van der Waals surface area contributed by atoms with Gasteiger partial charge in [0.05, 0.1) is 0 Å². The van der Waals surface area contributed by atoms with Crippen molar-refractivity contribution in [1.82, 2.24) is 15.2 Å². The van der Waals surface area contributed by atoms with Crippen LogP contribution in [0.5, 0.6) is 0 Å². The highest BCUT2D eigenvalue weighted by molar-refractivity contribution is 5.08. The predicted molar refractivity (Wildman–Crippen MR) is 66.2 cm³/mol. The maximum absolute atomic E-state index is 4.17. The van der Waals surface area contributed by atoms with Gasteiger partial charge in [-0.05, 0) is 43.6 Å². The monoisotopic (exact) mass is 219 g/mol. The normalized spacial score (nSPS) is 23.7. The topological polar surface area (TPSA) is 28.2 Å². The van der Waals surface area contributed by atoms with Gasteiger partial charge in [0, 0.05) is 25.5 Å². The van der Waals surface area contributed by atoms with Crippen molar-refractivity contribution in [2.75, 3.05) is 26.2 Å². The Balaban J connectivity index is 1.91. The van der Waals surface area contributed by atoms with Crippen LogP contribution in [-0.4, -0.2) is 36.1 Å². The molecule has 1 aromatic rings. The fraction of sp³-hybridized carbons (Fsp3) is 0.615. The molecule has 1 saturated heterocycles. The van der Waals surface area contributed by atoms with Gasteiger partial charge in [0.1, 0.15) is 0 Å². The fourth-order valence-electron chi connectivity index (χ4n) is 2.27. The standard InChI is InChI=1S/C13H21N3/c1-12-8-14-6-3-7-16(10-12)11-13-4-2-5-15-9-13/h2,4-5,9,12,14H,3,6-8,10-11H2,1H3. The van der Waals surface area contributed by atoms with Crippen LogP contribution < -0.4 is 5.32 Å². The number of pyridine rings is 1. The van der Waals surface area contributed by atoms with E-state index in [-0.39, 0.29) is 0 Å². The van der Waals surface area contributed by atoms with E-state index in [1.165, 1.54) is 25.1 Å². The largest absolute Gasteiger partial charge is 0.316 e. The van der Waals surface area contributed by atoms with E-state index in [4.69, 9.17) is 0 Å². The summed E-state index contributed by atoms with van der Waals surface area (Å²) in [5.74, 6) is 0.733. The van der Waals surface area contributed by atoms with Crippen LogP contribution in [0.4, 0.5) is 0 Å². The van der Waals surface area contributed by atoms with Crippen LogP contribution in [-0.2, 0) is 6.54 Å². The Labute approximate surface area is 97.9 Å². The predicted octanol–water partition coefficient (Wildman–Crippen LogP) is 1.51. The molecule has 2 heterocycles. The number of nitrogens with zero attached hydrogens (tertiary/aromatic N) is 2. The van der Waals surface area contributed by atoms with Crippen molar-refractivity contribution in [3.63, 3.8) is 0 Å². The van der Waals surface area contributed by atoms with Crippen LogP contribution in [0.15, 0.2) is 24.5 Å². The first-order chi connectivity index (χ1) is 7.84. The lowest BCUT2D eigenvalue weighted by atomic mass is 10.1. The lowest BCUT2D eigenvalue weighted by molar-refractivity contribution is 0.209. The third-order valence-electron chi connectivity index (χ3n) is 3.02. The number of aromatic nitrogens is 1. The second-order valence-corrected chi connectivity index (χ2v) is 4.76. The van der Waals surface area contributed by atoms with Gasteiger partial charge in [0.15, 0.2) is 0 Å². The van der Waals surface area contributed by atoms with Crippen LogP contribution in [0, 0.1) is 5.92 Å². The Morgan fingerprint density at radius 3 is 3.31 bits per heavy atom. The van der Waals surface area contributed by atoms with Gasteiger partial charge >= 0.3 is 0 Å². The molecule has 0 amide bonds. The molecule has 0 aromatic carbocycles. The number of nitrogens with one attached hydrogen (secondary N) is 1. The molecule has 0 saturated carbocycles. The number of rotatable bonds is 2. The molecule has 1 atom stereocenters. The van der Waals surface area contributed by atoms with Gasteiger partial charge in [-0.3, -0.25) is 9.88 Å². The Kier molecular flexibility index (Phi) is 4.31. The second kappa shape index (κ2) is 5.97. The highest BCUT2D eigenvalue weighted by Crippen LogP contribution is 2.08. The Morgan fingerprint density at radius 1 is 1.56 bits per heavy atom. The third-order valence-corrected chi connectivity index (χ3v) is 3.02. The average Bonchev–Trinajstić information content (AvgIpc) is 2.27. The number of hydrogen-bond acceptors (Lipinski definition) is 3. The zero-order valence-corrected chi connectivity index (χ0v) is 10.0. The van der Waals surface area contributed by atoms with Crippen molar-refractivity contribution < 1.29 is 0 Å². The first-order valence-corrected chi connectivity index (χ1v) is 6.16. The molecule has 2 rings (SSSR count). The number of hydrogen-bond donors (Lipinski definition) is 1. The zero-order valence-electron chi connectivity index (χ0n) is 10.0. The highest BCUT2D eigenvalue weighted by atomic mass is 15.1. The first-order valence-electron chi connectivity index (χ1n) is 6.16. The molecular formula is C13H21N3. The average molecular weight is 219 g/mol. The summed E-state index contributed by atoms with van der Waals surface area (Å²) in [6.45, 7) is 8.01. The van der Waals surface area contributed by atoms with E-state index in [1.54, 1.807) is 0 Å². The van der Waals surface area contributed by atoms with E-state index in [0.29, 0.717) is 0 Å². The van der Waals surface area contributed by atoms with E-state index in [1.807, 2.05) is 18.5 Å². The van der Waals surface area contributed by atoms with Crippen LogP contribution >= 0.6 is 0 Å². The Hall–Kier alpha value is -0.930. The van der Waals surface area contributed by atoms with Crippen molar-refractivity contribution in [2.45, 2.75) is 19.9 Å². The van der Waals surface area contributed by atoms with Gasteiger partial charge in [-0.1, -0.05) is 13.0 Å². The van der Waals surface area contributed by atoms with Crippen LogP contribution in [0.1, 0.15) is 18.9 Å². The summed E-state index contributed by atoms with van der Waals surface area (Å²) in [6, 6.07) is 4.18. The van der Waals surface area contributed by atoms with Crippen LogP contribution in [0.2, 0.25) is 0 Å². The summed E-state index contributed by atoms with van der Waals surface area (Å²) >= 11 is 0. The SMILES string of the molecule is CC1CNCCCN(Cc2cccnc2)C1. The van der Waals surface area contributed by atoms with Crippen molar-refractivity contribution in [3.8, 4) is 0 Å². The quantitative estimate of drug-likeness (QED) is 0.817. The maximum atomic E-state index is 4.17. The summed E-state index contributed by atoms with van der Waals surface area (Å²) in [5.41, 5.74) is 1.32. The minimum atomic E-state index is 0.733. The molecule has 0 spiro atoms. The van der Waals surface area contributed by atoms with Crippen molar-refractivity contribution in [3.05, 3.63) is 30.1 Å². The van der Waals surface area contributed by atoms with E-state index in [2.05, 4.69) is 28.2 Å². The smallest absolute Gasteiger partial charge is 0.0312 e. The summed E-state index contributed by atoms with van der Waals surface area (Å²) in [5, 5.41) is 3.48. The highest BCUT2D eigenvalue weighted by Gasteiger charge is 2.13. The molecule has 0 radical (unpaired) electrons. The molecular weight excluding hydrogens is 198 g/mol. The summed E-state index contributed by atoms with van der Waals surface area (Å²) in [6.07, 6.45) is 5.05. The molecule has 88 valence electrons. The Bertz CT molecular complexity index is 299. The van der Waals surface area contributed by atoms with E-state index >= 15 is 0 Å². The molecule has 0 aliphatic carbocycles. The zero-order chi connectivity index (χ0) is 11.2. The second-order valence-electron chi connectivity index (χ2n) is 4.76. The van der Waals surface area contributed by atoms with Gasteiger partial charge in [0.2, 0.25) is 0 Å². The molecule has 0 bridgehead atoms. The third kappa shape index (κ3) is 3.58. The van der Waals surface area contributed by atoms with Gasteiger partial charge in [0.25, 0.3) is 0 Å². The van der Waals surface area contributed by atoms with E-state index < -0.39 is 0 Å². The minimum Gasteiger partial charge on any atom is -0.316 e. The van der Waals surface area contributed by atoms with Gasteiger partial charge in [-0.2, -0.15) is 0 Å². The summed E-state index contributed by atoms with van der Waals surface area (Å²) in [4.78, 5) is 6.72. The van der Waals surface area contributed by atoms with Gasteiger partial charge < -0.3 is 5.32 Å². The molecule has 1 aliphatic heterocycles. The Morgan fingerprint density at radius 2 is 2.50 bits per heavy atom. The van der Waals surface area contributed by atoms with Crippen molar-refractivity contribution in [1.29, 1.82) is 0 Å². The molecule has 16 heavy (non-hydrogen) atoms. The van der Waals surface area contributed by atoms with Crippen molar-refractivity contribution >= 4 is 0 Å². The van der Waals surface area contributed by atoms with Crippen LogP contribution in [0.3, 0.4) is 0 Å². The molecule has 1 aliphatic rings. The molecule has 1 unspecified atom stereocenters.